The minimum atomic E-state index is -0.165. The summed E-state index contributed by atoms with van der Waals surface area (Å²) in [5.41, 5.74) is 1.31. The molecule has 1 N–H and O–H groups in total. The maximum absolute atomic E-state index is 12.4. The number of rotatable bonds is 3. The van der Waals surface area contributed by atoms with Crippen molar-refractivity contribution < 1.29 is 9.90 Å². The zero-order chi connectivity index (χ0) is 14.0. The number of phenols is 1. The van der Waals surface area contributed by atoms with Crippen molar-refractivity contribution in [3.8, 4) is 5.75 Å². The van der Waals surface area contributed by atoms with E-state index in [1.165, 1.54) is 0 Å². The summed E-state index contributed by atoms with van der Waals surface area (Å²) in [6.45, 7) is 3.88. The first-order chi connectivity index (χ1) is 9.00. The summed E-state index contributed by atoms with van der Waals surface area (Å²) in [4.78, 5) is 15.2. The topological polar surface area (TPSA) is 40.5 Å². The fourth-order valence-electron chi connectivity index (χ4n) is 1.91. The number of phenolic OH excluding ortho intramolecular Hbond substituents is 1. The van der Waals surface area contributed by atoms with Crippen LogP contribution in [0.25, 0.3) is 0 Å². The number of benzene rings is 1. The first kappa shape index (κ1) is 13.6. The minimum Gasteiger partial charge on any atom is -0.507 e. The molecule has 3 nitrogen and oxygen atoms in total. The molecule has 0 aliphatic heterocycles. The van der Waals surface area contributed by atoms with Crippen molar-refractivity contribution in [1.29, 1.82) is 0 Å². The molecule has 0 saturated heterocycles. The van der Waals surface area contributed by atoms with Crippen LogP contribution in [0.3, 0.4) is 0 Å². The molecule has 1 aromatic heterocycles. The van der Waals surface area contributed by atoms with E-state index in [4.69, 9.17) is 0 Å². The third kappa shape index (κ3) is 2.79. The molecule has 1 unspecified atom stereocenters. The summed E-state index contributed by atoms with van der Waals surface area (Å²) in [7, 11) is 1.76. The van der Waals surface area contributed by atoms with Gasteiger partial charge in [-0.1, -0.05) is 17.7 Å². The molecule has 0 aliphatic carbocycles. The van der Waals surface area contributed by atoms with E-state index in [0.717, 1.165) is 10.4 Å². The van der Waals surface area contributed by atoms with Crippen LogP contribution >= 0.6 is 11.3 Å². The molecule has 1 atom stereocenters. The molecule has 0 saturated carbocycles. The van der Waals surface area contributed by atoms with Crippen LogP contribution < -0.4 is 0 Å². The van der Waals surface area contributed by atoms with Crippen LogP contribution in [0.1, 0.15) is 33.8 Å². The van der Waals surface area contributed by atoms with Crippen molar-refractivity contribution in [3.63, 3.8) is 0 Å². The Bertz CT molecular complexity index is 578. The number of thiophene rings is 1. The van der Waals surface area contributed by atoms with Gasteiger partial charge in [-0.05, 0) is 37.4 Å². The highest BCUT2D eigenvalue weighted by Crippen LogP contribution is 2.27. The van der Waals surface area contributed by atoms with Crippen molar-refractivity contribution in [2.45, 2.75) is 19.9 Å². The highest BCUT2D eigenvalue weighted by atomic mass is 32.1. The molecule has 0 fully saturated rings. The Balaban J connectivity index is 2.26. The van der Waals surface area contributed by atoms with Gasteiger partial charge in [0.2, 0.25) is 0 Å². The third-order valence-corrected chi connectivity index (χ3v) is 4.28. The molecule has 0 bridgehead atoms. The van der Waals surface area contributed by atoms with Crippen molar-refractivity contribution in [2.75, 3.05) is 7.05 Å². The fraction of sp³-hybridized carbons (Fsp3) is 0.267. The number of aryl methyl sites for hydroxylation is 1. The Labute approximate surface area is 117 Å². The molecule has 19 heavy (non-hydrogen) atoms. The molecular formula is C15H17NO2S. The number of carbonyl (C=O) groups excluding carboxylic acids is 1. The first-order valence-corrected chi connectivity index (χ1v) is 6.99. The molecule has 4 heteroatoms. The second kappa shape index (κ2) is 5.45. The third-order valence-electron chi connectivity index (χ3n) is 3.24. The molecule has 2 rings (SSSR count). The largest absolute Gasteiger partial charge is 0.507 e. The lowest BCUT2D eigenvalue weighted by atomic mass is 10.1. The Morgan fingerprint density at radius 1 is 1.37 bits per heavy atom. The number of aromatic hydroxyl groups is 1. The predicted octanol–water partition coefficient (Wildman–Crippen LogP) is 3.60. The summed E-state index contributed by atoms with van der Waals surface area (Å²) in [6.07, 6.45) is 0. The number of hydrogen-bond acceptors (Lipinski definition) is 3. The van der Waals surface area contributed by atoms with E-state index in [-0.39, 0.29) is 17.7 Å². The van der Waals surface area contributed by atoms with Crippen LogP contribution in [-0.4, -0.2) is 23.0 Å². The van der Waals surface area contributed by atoms with Gasteiger partial charge in [-0.3, -0.25) is 4.79 Å². The highest BCUT2D eigenvalue weighted by molar-refractivity contribution is 7.10. The first-order valence-electron chi connectivity index (χ1n) is 6.11. The second-order valence-corrected chi connectivity index (χ2v) is 5.61. The van der Waals surface area contributed by atoms with E-state index < -0.39 is 0 Å². The Kier molecular flexibility index (Phi) is 3.90. The van der Waals surface area contributed by atoms with E-state index in [1.807, 2.05) is 31.4 Å². The van der Waals surface area contributed by atoms with Crippen LogP contribution in [-0.2, 0) is 0 Å². The minimum absolute atomic E-state index is 0.00703. The zero-order valence-corrected chi connectivity index (χ0v) is 12.1. The van der Waals surface area contributed by atoms with Gasteiger partial charge in [0.1, 0.15) is 5.75 Å². The van der Waals surface area contributed by atoms with Crippen molar-refractivity contribution in [3.05, 3.63) is 51.7 Å². The summed E-state index contributed by atoms with van der Waals surface area (Å²) < 4.78 is 0. The van der Waals surface area contributed by atoms with Gasteiger partial charge in [0, 0.05) is 11.9 Å². The average Bonchev–Trinajstić information content (AvgIpc) is 2.93. The summed E-state index contributed by atoms with van der Waals surface area (Å²) >= 11 is 1.62. The van der Waals surface area contributed by atoms with Gasteiger partial charge in [-0.2, -0.15) is 0 Å². The van der Waals surface area contributed by atoms with Gasteiger partial charge in [-0.25, -0.2) is 0 Å². The molecule has 1 amide bonds. The van der Waals surface area contributed by atoms with Gasteiger partial charge in [-0.15, -0.1) is 11.3 Å². The lowest BCUT2D eigenvalue weighted by Gasteiger charge is -2.24. The van der Waals surface area contributed by atoms with Gasteiger partial charge in [0.15, 0.2) is 0 Å². The van der Waals surface area contributed by atoms with Gasteiger partial charge in [0.25, 0.3) is 5.91 Å². The molecule has 2 aromatic rings. The second-order valence-electron chi connectivity index (χ2n) is 4.63. The molecule has 0 radical (unpaired) electrons. The zero-order valence-electron chi connectivity index (χ0n) is 11.3. The van der Waals surface area contributed by atoms with Gasteiger partial charge >= 0.3 is 0 Å². The molecule has 100 valence electrons. The van der Waals surface area contributed by atoms with Crippen LogP contribution in [0.15, 0.2) is 35.7 Å². The van der Waals surface area contributed by atoms with E-state index >= 15 is 0 Å². The molecule has 1 heterocycles. The van der Waals surface area contributed by atoms with Crippen molar-refractivity contribution >= 4 is 17.2 Å². The van der Waals surface area contributed by atoms with Gasteiger partial charge < -0.3 is 10.0 Å². The monoisotopic (exact) mass is 275 g/mol. The summed E-state index contributed by atoms with van der Waals surface area (Å²) in [5.74, 6) is -0.136. The lowest BCUT2D eigenvalue weighted by Crippen LogP contribution is -2.29. The SMILES string of the molecule is Cc1ccc(O)c(C(=O)N(C)C(C)c2cccs2)c1. The Morgan fingerprint density at radius 3 is 2.74 bits per heavy atom. The van der Waals surface area contributed by atoms with E-state index in [9.17, 15) is 9.90 Å². The molecule has 1 aromatic carbocycles. The highest BCUT2D eigenvalue weighted by Gasteiger charge is 2.21. The van der Waals surface area contributed by atoms with Gasteiger partial charge in [0.05, 0.1) is 11.6 Å². The maximum Gasteiger partial charge on any atom is 0.257 e. The van der Waals surface area contributed by atoms with Crippen LogP contribution in [0.2, 0.25) is 0 Å². The van der Waals surface area contributed by atoms with E-state index in [1.54, 1.807) is 41.5 Å². The van der Waals surface area contributed by atoms with Crippen LogP contribution in [0.5, 0.6) is 5.75 Å². The van der Waals surface area contributed by atoms with Crippen molar-refractivity contribution in [2.24, 2.45) is 0 Å². The number of amides is 1. The Hall–Kier alpha value is -1.81. The normalized spacial score (nSPS) is 12.2. The average molecular weight is 275 g/mol. The molecule has 0 aliphatic rings. The lowest BCUT2D eigenvalue weighted by molar-refractivity contribution is 0.0742. The number of hydrogen-bond donors (Lipinski definition) is 1. The predicted molar refractivity (Wildman–Crippen MR) is 77.7 cm³/mol. The Morgan fingerprint density at radius 2 is 2.11 bits per heavy atom. The maximum atomic E-state index is 12.4. The summed E-state index contributed by atoms with van der Waals surface area (Å²) in [6, 6.07) is 9.04. The molecule has 0 spiro atoms. The smallest absolute Gasteiger partial charge is 0.257 e. The fourth-order valence-corrected chi connectivity index (χ4v) is 2.73. The standard InChI is InChI=1S/C15H17NO2S/c1-10-6-7-13(17)12(9-10)15(18)16(3)11(2)14-5-4-8-19-14/h4-9,11,17H,1-3H3. The van der Waals surface area contributed by atoms with E-state index in [2.05, 4.69) is 0 Å². The quantitative estimate of drug-likeness (QED) is 0.930. The van der Waals surface area contributed by atoms with Crippen molar-refractivity contribution in [1.82, 2.24) is 4.90 Å². The van der Waals surface area contributed by atoms with Crippen LogP contribution in [0, 0.1) is 6.92 Å². The van der Waals surface area contributed by atoms with E-state index in [0.29, 0.717) is 5.56 Å². The summed E-state index contributed by atoms with van der Waals surface area (Å²) in [5, 5.41) is 11.8. The number of nitrogens with zero attached hydrogens (tertiary/aromatic N) is 1. The van der Waals surface area contributed by atoms with Crippen LogP contribution in [0.4, 0.5) is 0 Å². The number of carbonyl (C=O) groups is 1. The molecular weight excluding hydrogens is 258 g/mol.